The third-order valence-electron chi connectivity index (χ3n) is 16.2. The van der Waals surface area contributed by atoms with E-state index in [1.807, 2.05) is 18.2 Å². The number of hydrogen-bond donors (Lipinski definition) is 3. The van der Waals surface area contributed by atoms with Crippen LogP contribution in [0.2, 0.25) is 0 Å². The number of benzene rings is 1. The van der Waals surface area contributed by atoms with E-state index in [0.717, 1.165) is 25.7 Å². The summed E-state index contributed by atoms with van der Waals surface area (Å²) in [5.41, 5.74) is 6.27. The van der Waals surface area contributed by atoms with Crippen molar-refractivity contribution >= 4 is 23.8 Å². The second-order valence-electron chi connectivity index (χ2n) is 19.3. The number of esters is 2. The lowest BCUT2D eigenvalue weighted by molar-refractivity contribution is -0.263. The first-order chi connectivity index (χ1) is 25.9. The molecule has 4 aliphatic carbocycles. The summed E-state index contributed by atoms with van der Waals surface area (Å²) in [6.45, 7) is 18.3. The van der Waals surface area contributed by atoms with E-state index in [2.05, 4.69) is 59.9 Å². The van der Waals surface area contributed by atoms with Crippen LogP contribution in [0.1, 0.15) is 124 Å². The number of carbonyl (C=O) groups excluding carboxylic acids is 3. The van der Waals surface area contributed by atoms with Gasteiger partial charge in [0.15, 0.2) is 0 Å². The van der Waals surface area contributed by atoms with E-state index in [1.165, 1.54) is 12.5 Å². The summed E-state index contributed by atoms with van der Waals surface area (Å²) in [6.07, 6.45) is 7.38. The van der Waals surface area contributed by atoms with Crippen molar-refractivity contribution < 1.29 is 38.5 Å². The summed E-state index contributed by atoms with van der Waals surface area (Å²) in [4.78, 5) is 52.2. The molecule has 1 aromatic carbocycles. The lowest BCUT2D eigenvalue weighted by Crippen LogP contribution is -2.70. The fourth-order valence-corrected chi connectivity index (χ4v) is 12.8. The van der Waals surface area contributed by atoms with Crippen molar-refractivity contribution in [2.75, 3.05) is 19.8 Å². The Morgan fingerprint density at radius 2 is 1.67 bits per heavy atom. The number of allylic oxidation sites excluding steroid dienone is 1. The van der Waals surface area contributed by atoms with Gasteiger partial charge in [-0.05, 0) is 110 Å². The first-order valence-corrected chi connectivity index (χ1v) is 20.8. The molecule has 10 nitrogen and oxygen atoms in total. The Hall–Kier alpha value is -3.24. The third kappa shape index (κ3) is 6.85. The number of rotatable bonds is 12. The van der Waals surface area contributed by atoms with Crippen LogP contribution in [-0.2, 0) is 28.6 Å². The Morgan fingerprint density at radius 1 is 0.964 bits per heavy atom. The molecular formula is C45H66N2O8. The molecule has 5 aliphatic rings. The van der Waals surface area contributed by atoms with Crippen molar-refractivity contribution in [2.45, 2.75) is 131 Å². The highest BCUT2D eigenvalue weighted by Crippen LogP contribution is 2.75. The highest BCUT2D eigenvalue weighted by atomic mass is 16.6. The zero-order valence-corrected chi connectivity index (χ0v) is 34.5. The van der Waals surface area contributed by atoms with E-state index in [1.54, 1.807) is 12.1 Å². The predicted molar refractivity (Wildman–Crippen MR) is 210 cm³/mol. The minimum absolute atomic E-state index is 0.114. The maximum Gasteiger partial charge on any atom is 0.323 e. The molecule has 10 heteroatoms. The number of nitrogens with two attached hydrogens (primary N) is 1. The van der Waals surface area contributed by atoms with Gasteiger partial charge in [-0.2, -0.15) is 0 Å². The first-order valence-electron chi connectivity index (χ1n) is 20.8. The number of carboxylic acids is 1. The number of carbonyl (C=O) groups is 4. The molecule has 1 heterocycles. The molecule has 55 heavy (non-hydrogen) atoms. The largest absolute Gasteiger partial charge is 0.481 e. The van der Waals surface area contributed by atoms with Crippen molar-refractivity contribution in [1.29, 1.82) is 0 Å². The molecule has 1 saturated heterocycles. The molecule has 304 valence electrons. The standard InChI is InChI=1S/C45H66N2O8/c1-27(2)28(3)41(5)21-22-43(7)31-17-18-35-42(6)25-53-26-45(35,32(31)19-20-44(43,8)36(41)39(50)51)24-34(54-29(4)48)37(42)55-40(52)33(46)16-12-13-23-47-38(49)30-14-10-9-11-15-30/h9-11,14-15,19,27-28,31,33-37H,12-13,16-18,20-26,46H2,1-8H3,(H,47,49)(H,50,51)/t28-,31+,33?,34-,35+,36-,37+,41-,42+,43-,44+,45+/m1/s1. The fraction of sp³-hybridized carbons (Fsp3) is 0.733. The predicted octanol–water partition coefficient (Wildman–Crippen LogP) is 7.35. The molecule has 0 aromatic heterocycles. The number of carboxylic acid groups (broad SMARTS) is 1. The van der Waals surface area contributed by atoms with Gasteiger partial charge in [0.1, 0.15) is 18.2 Å². The van der Waals surface area contributed by atoms with Gasteiger partial charge >= 0.3 is 17.9 Å². The van der Waals surface area contributed by atoms with Crippen molar-refractivity contribution in [2.24, 2.45) is 62.4 Å². The maximum atomic E-state index is 13.7. The highest BCUT2D eigenvalue weighted by molar-refractivity contribution is 5.94. The Bertz CT molecular complexity index is 1660. The molecule has 2 bridgehead atoms. The maximum absolute atomic E-state index is 13.7. The summed E-state index contributed by atoms with van der Waals surface area (Å²) in [6, 6.07) is 8.17. The van der Waals surface area contributed by atoms with E-state index in [4.69, 9.17) is 19.9 Å². The Labute approximate surface area is 328 Å². The summed E-state index contributed by atoms with van der Waals surface area (Å²) in [5, 5.41) is 13.9. The zero-order valence-electron chi connectivity index (χ0n) is 34.5. The average Bonchev–Trinajstić information content (AvgIpc) is 3.12. The van der Waals surface area contributed by atoms with Gasteiger partial charge in [-0.1, -0.05) is 78.3 Å². The van der Waals surface area contributed by atoms with Crippen molar-refractivity contribution in [3.8, 4) is 0 Å². The van der Waals surface area contributed by atoms with Crippen LogP contribution in [0, 0.1) is 56.7 Å². The second-order valence-corrected chi connectivity index (χ2v) is 19.3. The Balaban J connectivity index is 1.22. The first kappa shape index (κ1) is 41.4. The van der Waals surface area contributed by atoms with Crippen LogP contribution in [-0.4, -0.2) is 66.9 Å². The normalized spacial score (nSPS) is 38.9. The van der Waals surface area contributed by atoms with Gasteiger partial charge in [0, 0.05) is 29.9 Å². The molecule has 0 radical (unpaired) electrons. The molecule has 1 unspecified atom stereocenters. The van der Waals surface area contributed by atoms with E-state index in [-0.39, 0.29) is 34.5 Å². The molecule has 12 atom stereocenters. The van der Waals surface area contributed by atoms with Crippen molar-refractivity contribution in [3.63, 3.8) is 0 Å². The third-order valence-corrected chi connectivity index (χ3v) is 16.2. The van der Waals surface area contributed by atoms with Crippen LogP contribution in [0.4, 0.5) is 0 Å². The SMILES string of the molecule is CC(=O)O[C@@H]1C[C@@]23COC[C@@](C)([C@@H]2CC[C@H]2C3=CC[C@@]3(C)[C@H](C(=O)O)[C@@](C)([C@H](C)C(C)C)CC[C@]23C)[C@H]1OC(=O)C(N)CCCCNC(=O)c1ccccc1. The highest BCUT2D eigenvalue weighted by Gasteiger charge is 2.72. The second kappa shape index (κ2) is 15.3. The van der Waals surface area contributed by atoms with Crippen molar-refractivity contribution in [3.05, 3.63) is 47.5 Å². The van der Waals surface area contributed by atoms with Gasteiger partial charge in [0.2, 0.25) is 0 Å². The van der Waals surface area contributed by atoms with Gasteiger partial charge < -0.3 is 30.4 Å². The number of nitrogens with one attached hydrogen (secondary N) is 1. The monoisotopic (exact) mass is 762 g/mol. The number of amides is 1. The van der Waals surface area contributed by atoms with E-state index in [0.29, 0.717) is 63.3 Å². The molecule has 6 rings (SSSR count). The fourth-order valence-electron chi connectivity index (χ4n) is 12.8. The summed E-state index contributed by atoms with van der Waals surface area (Å²) in [5.74, 6) is -1.36. The number of aliphatic carboxylic acids is 1. The molecular weight excluding hydrogens is 697 g/mol. The topological polar surface area (TPSA) is 154 Å². The minimum Gasteiger partial charge on any atom is -0.481 e. The summed E-state index contributed by atoms with van der Waals surface area (Å²) in [7, 11) is 0. The van der Waals surface area contributed by atoms with Crippen LogP contribution in [0.5, 0.6) is 0 Å². The van der Waals surface area contributed by atoms with Crippen LogP contribution < -0.4 is 11.1 Å². The number of ether oxygens (including phenoxy) is 3. The van der Waals surface area contributed by atoms with Crippen molar-refractivity contribution in [1.82, 2.24) is 5.32 Å². The summed E-state index contributed by atoms with van der Waals surface area (Å²) >= 11 is 0. The Kier molecular flexibility index (Phi) is 11.5. The molecule has 1 aliphatic heterocycles. The van der Waals surface area contributed by atoms with Crippen LogP contribution in [0.25, 0.3) is 0 Å². The van der Waals surface area contributed by atoms with Gasteiger partial charge in [0.25, 0.3) is 5.91 Å². The van der Waals surface area contributed by atoms with E-state index < -0.39 is 58.3 Å². The number of fused-ring (bicyclic) bond motifs is 3. The van der Waals surface area contributed by atoms with E-state index in [9.17, 15) is 24.3 Å². The van der Waals surface area contributed by atoms with Crippen LogP contribution >= 0.6 is 0 Å². The molecule has 3 saturated carbocycles. The lowest BCUT2D eigenvalue weighted by Gasteiger charge is -2.71. The number of unbranched alkanes of at least 4 members (excludes halogenated alkanes) is 1. The summed E-state index contributed by atoms with van der Waals surface area (Å²) < 4.78 is 19.0. The zero-order chi connectivity index (χ0) is 40.1. The smallest absolute Gasteiger partial charge is 0.323 e. The van der Waals surface area contributed by atoms with Gasteiger partial charge in [-0.25, -0.2) is 0 Å². The lowest BCUT2D eigenvalue weighted by atomic mass is 9.34. The molecule has 1 amide bonds. The molecule has 1 aromatic rings. The van der Waals surface area contributed by atoms with Crippen LogP contribution in [0.15, 0.2) is 42.0 Å². The number of hydrogen-bond acceptors (Lipinski definition) is 8. The molecule has 4 N–H and O–H groups in total. The Morgan fingerprint density at radius 3 is 2.33 bits per heavy atom. The molecule has 0 spiro atoms. The van der Waals surface area contributed by atoms with Gasteiger partial charge in [0.05, 0.1) is 19.1 Å². The van der Waals surface area contributed by atoms with Crippen LogP contribution in [0.3, 0.4) is 0 Å². The van der Waals surface area contributed by atoms with E-state index >= 15 is 0 Å². The minimum atomic E-state index is -0.866. The van der Waals surface area contributed by atoms with Gasteiger partial charge in [-0.15, -0.1) is 0 Å². The average molecular weight is 763 g/mol. The quantitative estimate of drug-likeness (QED) is 0.113. The molecule has 4 fully saturated rings. The van der Waals surface area contributed by atoms with Gasteiger partial charge in [-0.3, -0.25) is 19.2 Å².